The van der Waals surface area contributed by atoms with Crippen molar-refractivity contribution in [2.75, 3.05) is 33.8 Å². The summed E-state index contributed by atoms with van der Waals surface area (Å²) in [7, 11) is 3.53. The summed E-state index contributed by atoms with van der Waals surface area (Å²) in [5, 5.41) is 53.7. The minimum absolute atomic E-state index is 0.101. The minimum atomic E-state index is -1.27. The Morgan fingerprint density at radius 2 is 1.76 bits per heavy atom. The first-order valence-corrected chi connectivity index (χ1v) is 23.2. The van der Waals surface area contributed by atoms with Gasteiger partial charge < -0.3 is 39.5 Å². The molecule has 0 bridgehead atoms. The van der Waals surface area contributed by atoms with Crippen LogP contribution in [0.2, 0.25) is 0 Å². The maximum Gasteiger partial charge on any atom is 0.308 e. The maximum atomic E-state index is 13.9. The van der Waals surface area contributed by atoms with Gasteiger partial charge in [0, 0.05) is 52.4 Å². The van der Waals surface area contributed by atoms with Gasteiger partial charge in [0.05, 0.1) is 56.2 Å². The van der Waals surface area contributed by atoms with E-state index >= 15 is 0 Å². The number of hydrogen-bond donors (Lipinski definition) is 4. The van der Waals surface area contributed by atoms with E-state index in [1.54, 1.807) is 57.4 Å². The Labute approximate surface area is 385 Å². The van der Waals surface area contributed by atoms with Crippen LogP contribution in [0.25, 0.3) is 11.3 Å². The van der Waals surface area contributed by atoms with Crippen LogP contribution in [0.3, 0.4) is 0 Å². The Bertz CT molecular complexity index is 1950. The van der Waals surface area contributed by atoms with Gasteiger partial charge in [-0.15, -0.1) is 5.10 Å². The Kier molecular flexibility index (Phi) is 19.4. The number of likely N-dealkylation sites (N-methyl/N-ethyl adjacent to an activating group) is 1. The third kappa shape index (κ3) is 14.3. The van der Waals surface area contributed by atoms with Crippen molar-refractivity contribution >= 4 is 34.3 Å². The number of benzene rings is 1. The number of pyridine rings is 1. The van der Waals surface area contributed by atoms with Crippen LogP contribution in [0.1, 0.15) is 65.9 Å². The molecule has 4 N–H and O–H groups in total. The van der Waals surface area contributed by atoms with Crippen LogP contribution in [-0.2, 0) is 36.9 Å². The van der Waals surface area contributed by atoms with Gasteiger partial charge in [0.1, 0.15) is 17.9 Å². The average molecular weight is 987 g/mol. The Morgan fingerprint density at radius 1 is 1.02 bits per heavy atom. The molecule has 1 fully saturated rings. The van der Waals surface area contributed by atoms with Gasteiger partial charge in [-0.1, -0.05) is 55.8 Å². The molecule has 16 heteroatoms. The number of aliphatic hydroxyl groups is 4. The van der Waals surface area contributed by atoms with E-state index in [4.69, 9.17) is 14.2 Å². The van der Waals surface area contributed by atoms with E-state index in [9.17, 15) is 30.0 Å². The highest BCUT2D eigenvalue weighted by Gasteiger charge is 2.47. The maximum absolute atomic E-state index is 13.9. The van der Waals surface area contributed by atoms with Crippen molar-refractivity contribution in [3.8, 4) is 11.3 Å². The average Bonchev–Trinajstić information content (AvgIpc) is 3.74. The van der Waals surface area contributed by atoms with E-state index in [0.717, 1.165) is 26.0 Å². The molecule has 3 aromatic rings. The lowest BCUT2D eigenvalue weighted by Crippen LogP contribution is -2.63. The first-order valence-electron chi connectivity index (χ1n) is 22.1. The van der Waals surface area contributed by atoms with E-state index in [2.05, 4.69) is 67.1 Å². The fraction of sp³-hybridized carbons (Fsp3) is 0.596. The topological polar surface area (TPSA) is 193 Å². The van der Waals surface area contributed by atoms with Gasteiger partial charge in [0.2, 0.25) is 0 Å². The van der Waals surface area contributed by atoms with Gasteiger partial charge in [-0.05, 0) is 118 Å². The zero-order valence-corrected chi connectivity index (χ0v) is 39.8. The summed E-state index contributed by atoms with van der Waals surface area (Å²) < 4.78 is 21.8. The summed E-state index contributed by atoms with van der Waals surface area (Å²) in [6.07, 6.45) is 4.48. The molecule has 2 aliphatic rings. The number of halogens is 1. The molecule has 5 rings (SSSR count). The second-order valence-corrected chi connectivity index (χ2v) is 18.7. The first-order chi connectivity index (χ1) is 30.1. The smallest absolute Gasteiger partial charge is 0.308 e. The van der Waals surface area contributed by atoms with Gasteiger partial charge in [-0.25, -0.2) is 0 Å². The molecular weight excluding hydrogens is 919 g/mol. The van der Waals surface area contributed by atoms with Crippen LogP contribution in [0.4, 0.5) is 0 Å². The summed E-state index contributed by atoms with van der Waals surface area (Å²) in [4.78, 5) is 35.7. The van der Waals surface area contributed by atoms with E-state index in [1.165, 1.54) is 0 Å². The van der Waals surface area contributed by atoms with Crippen molar-refractivity contribution in [3.63, 3.8) is 0 Å². The number of aromatic nitrogens is 4. The SMILES string of the molecule is CC[C@H]1OC(=O)C[C@@H](O)[C@H](C)[C@@H](O[C@@H]2O[C@H](C)[C@@H](O)C(N(C)C)C2O)[C@@H](CCN(CCn2cc(-c3cccnc3)nn2)Cc2ccc(I)cc2)C[C@@H](C)C(=O)/C=C/C(C)=C/[C@@H]1CO. The predicted molar refractivity (Wildman–Crippen MR) is 247 cm³/mol. The van der Waals surface area contributed by atoms with Crippen molar-refractivity contribution < 1.29 is 44.2 Å². The zero-order valence-electron chi connectivity index (χ0n) is 37.6. The molecule has 0 amide bonds. The Hall–Kier alpha value is -3.46. The molecule has 2 unspecified atom stereocenters. The van der Waals surface area contributed by atoms with Crippen LogP contribution in [-0.4, -0.2) is 145 Å². The quantitative estimate of drug-likeness (QED) is 0.129. The highest BCUT2D eigenvalue weighted by molar-refractivity contribution is 14.1. The van der Waals surface area contributed by atoms with Crippen molar-refractivity contribution in [3.05, 3.63) is 87.9 Å². The molecule has 15 nitrogen and oxygen atoms in total. The number of hydrogen-bond acceptors (Lipinski definition) is 14. The molecule has 2 aromatic heterocycles. The van der Waals surface area contributed by atoms with Gasteiger partial charge in [-0.2, -0.15) is 0 Å². The summed E-state index contributed by atoms with van der Waals surface area (Å²) >= 11 is 2.29. The number of ketones is 1. The Morgan fingerprint density at radius 3 is 2.43 bits per heavy atom. The fourth-order valence-electron chi connectivity index (χ4n) is 8.62. The lowest BCUT2D eigenvalue weighted by Gasteiger charge is -2.46. The lowest BCUT2D eigenvalue weighted by molar-refractivity contribution is -0.304. The second kappa shape index (κ2) is 24.2. The van der Waals surface area contributed by atoms with Crippen LogP contribution in [0, 0.1) is 27.2 Å². The monoisotopic (exact) mass is 986 g/mol. The number of aliphatic hydroxyl groups excluding tert-OH is 4. The number of nitrogens with zero attached hydrogens (tertiary/aromatic N) is 6. The molecule has 4 heterocycles. The highest BCUT2D eigenvalue weighted by Crippen LogP contribution is 2.35. The fourth-order valence-corrected chi connectivity index (χ4v) is 8.98. The van der Waals surface area contributed by atoms with Crippen molar-refractivity contribution in [1.82, 2.24) is 29.8 Å². The molecule has 346 valence electrons. The number of cyclic esters (lactones) is 1. The third-order valence-electron chi connectivity index (χ3n) is 12.4. The zero-order chi connectivity index (χ0) is 45.8. The molecule has 12 atom stereocenters. The normalized spacial score (nSPS) is 31.7. The van der Waals surface area contributed by atoms with Crippen molar-refractivity contribution in [2.24, 2.45) is 23.7 Å². The minimum Gasteiger partial charge on any atom is -0.462 e. The van der Waals surface area contributed by atoms with Crippen LogP contribution >= 0.6 is 22.6 Å². The van der Waals surface area contributed by atoms with Crippen molar-refractivity contribution in [2.45, 2.75) is 122 Å². The number of allylic oxidation sites excluding steroid dienone is 3. The highest BCUT2D eigenvalue weighted by atomic mass is 127. The molecule has 2 aliphatic heterocycles. The summed E-state index contributed by atoms with van der Waals surface area (Å²) in [6.45, 7) is 11.1. The number of ether oxygens (including phenoxy) is 3. The van der Waals surface area contributed by atoms with E-state index in [1.807, 2.05) is 49.9 Å². The van der Waals surface area contributed by atoms with Crippen LogP contribution < -0.4 is 0 Å². The van der Waals surface area contributed by atoms with Gasteiger partial charge in [0.25, 0.3) is 0 Å². The van der Waals surface area contributed by atoms with E-state index in [0.29, 0.717) is 45.4 Å². The standard InChI is InChI=1S/C47H67IN6O9/c1-8-41-36(28-55)22-29(2)11-16-39(56)30(3)23-34(46(31(4)40(57)24-42(58)62-41)63-47-45(60)43(52(6)7)44(59)32(5)61-47)17-19-53(26-33-12-14-37(48)15-13-33)20-21-54-27-38(50-51-54)35-10-9-18-49-25-35/h9-16,18,22,25,27,30-32,34,36,40-41,43-47,55,57,59-60H,8,17,19-21,23-24,26,28H2,1-7H3/b16-11+,29-22+/t30-,31+,32-,34+,36-,40-,41-,43?,44-,45?,46-,47+/m1/s1. The summed E-state index contributed by atoms with van der Waals surface area (Å²) in [5.41, 5.74) is 3.44. The number of carbonyl (C=O) groups excluding carboxylic acids is 2. The molecular formula is C47H67IN6O9. The van der Waals surface area contributed by atoms with Gasteiger partial charge >= 0.3 is 5.97 Å². The summed E-state index contributed by atoms with van der Waals surface area (Å²) in [6, 6.07) is 11.4. The second-order valence-electron chi connectivity index (χ2n) is 17.5. The molecule has 63 heavy (non-hydrogen) atoms. The predicted octanol–water partition coefficient (Wildman–Crippen LogP) is 4.66. The number of rotatable bonds is 14. The van der Waals surface area contributed by atoms with E-state index < -0.39 is 78.6 Å². The number of esters is 1. The van der Waals surface area contributed by atoms with Crippen LogP contribution in [0.5, 0.6) is 0 Å². The molecule has 0 saturated carbocycles. The molecule has 1 aromatic carbocycles. The summed E-state index contributed by atoms with van der Waals surface area (Å²) in [5.74, 6) is -2.83. The first kappa shape index (κ1) is 50.5. The van der Waals surface area contributed by atoms with Gasteiger partial charge in [0.15, 0.2) is 12.1 Å². The molecule has 1 saturated heterocycles. The molecule has 0 aliphatic carbocycles. The molecule has 0 spiro atoms. The molecule has 0 radical (unpaired) electrons. The van der Waals surface area contributed by atoms with Crippen LogP contribution in [0.15, 0.2) is 78.8 Å². The lowest BCUT2D eigenvalue weighted by atomic mass is 9.79. The van der Waals surface area contributed by atoms with E-state index in [-0.39, 0.29) is 18.8 Å². The number of carbonyl (C=O) groups is 2. The third-order valence-corrected chi connectivity index (χ3v) is 13.2. The Balaban J connectivity index is 1.51. The largest absolute Gasteiger partial charge is 0.462 e. The van der Waals surface area contributed by atoms with Gasteiger partial charge in [-0.3, -0.25) is 24.2 Å². The van der Waals surface area contributed by atoms with Crippen molar-refractivity contribution in [1.29, 1.82) is 0 Å².